The average molecular weight is 253 g/mol. The van der Waals surface area contributed by atoms with Gasteiger partial charge in [0.1, 0.15) is 0 Å². The smallest absolute Gasteiger partial charge is 0.0701 e. The number of hydrogen-bond donors (Lipinski definition) is 0. The first-order valence-corrected chi connectivity index (χ1v) is 5.53. The maximum Gasteiger partial charge on any atom is 0.0701 e. The Morgan fingerprint density at radius 3 is 1.69 bits per heavy atom. The van der Waals surface area contributed by atoms with Crippen LogP contribution in [0, 0.1) is 6.92 Å². The minimum absolute atomic E-state index is 0.564. The van der Waals surface area contributed by atoms with Gasteiger partial charge in [0.2, 0.25) is 0 Å². The van der Waals surface area contributed by atoms with Gasteiger partial charge in [-0.3, -0.25) is 0 Å². The molecular formula is C9H17BrO3. The van der Waals surface area contributed by atoms with Crippen molar-refractivity contribution >= 4 is 15.9 Å². The summed E-state index contributed by atoms with van der Waals surface area (Å²) in [6.45, 7) is 9.04. The zero-order chi connectivity index (χ0) is 9.78. The van der Waals surface area contributed by atoms with E-state index in [-0.39, 0.29) is 0 Å². The van der Waals surface area contributed by atoms with E-state index in [1.807, 2.05) is 0 Å². The van der Waals surface area contributed by atoms with Crippen LogP contribution in [0.15, 0.2) is 0 Å². The summed E-state index contributed by atoms with van der Waals surface area (Å²) < 4.78 is 15.5. The van der Waals surface area contributed by atoms with Crippen LogP contribution in [0.5, 0.6) is 0 Å². The van der Waals surface area contributed by atoms with Gasteiger partial charge < -0.3 is 14.2 Å². The van der Waals surface area contributed by atoms with E-state index in [0.29, 0.717) is 39.5 Å². The highest BCUT2D eigenvalue weighted by Crippen LogP contribution is 1.84. The molecule has 0 aromatic rings. The Labute approximate surface area is 88.9 Å². The van der Waals surface area contributed by atoms with Gasteiger partial charge in [0.15, 0.2) is 0 Å². The molecule has 0 bridgehead atoms. The number of ether oxygens (including phenoxy) is 3. The van der Waals surface area contributed by atoms with E-state index in [2.05, 4.69) is 15.9 Å². The van der Waals surface area contributed by atoms with Gasteiger partial charge in [0.05, 0.1) is 33.0 Å². The second kappa shape index (κ2) is 12.4. The molecule has 0 aliphatic heterocycles. The Balaban J connectivity index is 2.76. The van der Waals surface area contributed by atoms with E-state index >= 15 is 0 Å². The van der Waals surface area contributed by atoms with Gasteiger partial charge >= 0.3 is 0 Å². The predicted molar refractivity (Wildman–Crippen MR) is 55.2 cm³/mol. The average Bonchev–Trinajstić information content (AvgIpc) is 2.16. The van der Waals surface area contributed by atoms with E-state index < -0.39 is 0 Å². The van der Waals surface area contributed by atoms with Crippen LogP contribution in [0.1, 0.15) is 6.42 Å². The first kappa shape index (κ1) is 13.4. The number of rotatable bonds is 10. The first-order chi connectivity index (χ1) is 6.41. The Hall–Kier alpha value is 0.360. The van der Waals surface area contributed by atoms with Crippen LogP contribution < -0.4 is 0 Å². The maximum atomic E-state index is 5.23. The Morgan fingerprint density at radius 1 is 0.769 bits per heavy atom. The van der Waals surface area contributed by atoms with Crippen molar-refractivity contribution in [2.45, 2.75) is 6.42 Å². The number of halogens is 1. The van der Waals surface area contributed by atoms with Crippen molar-refractivity contribution in [1.29, 1.82) is 0 Å². The summed E-state index contributed by atoms with van der Waals surface area (Å²) in [4.78, 5) is 0. The summed E-state index contributed by atoms with van der Waals surface area (Å²) in [5, 5.41) is 0.868. The van der Waals surface area contributed by atoms with E-state index in [1.54, 1.807) is 0 Å². The molecule has 0 rings (SSSR count). The standard InChI is InChI=1S/C9H17BrO3/c1-2-4-11-6-8-13-9-7-12-5-3-10/h1H,2-9H2. The minimum atomic E-state index is 0.564. The number of alkyl halides is 1. The van der Waals surface area contributed by atoms with Crippen LogP contribution >= 0.6 is 15.9 Å². The summed E-state index contributed by atoms with van der Waals surface area (Å²) in [7, 11) is 0. The Kier molecular flexibility index (Phi) is 12.7. The lowest BCUT2D eigenvalue weighted by atomic mass is 10.5. The van der Waals surface area contributed by atoms with Crippen LogP contribution in [0.4, 0.5) is 0 Å². The zero-order valence-corrected chi connectivity index (χ0v) is 9.42. The summed E-state index contributed by atoms with van der Waals surface area (Å²) in [6.07, 6.45) is 0.564. The normalized spacial score (nSPS) is 10.6. The van der Waals surface area contributed by atoms with Crippen molar-refractivity contribution in [2.24, 2.45) is 0 Å². The molecule has 0 aromatic carbocycles. The molecule has 0 saturated heterocycles. The lowest BCUT2D eigenvalue weighted by molar-refractivity contribution is 0.0183. The number of hydrogen-bond acceptors (Lipinski definition) is 3. The molecule has 0 heterocycles. The molecular weight excluding hydrogens is 236 g/mol. The quantitative estimate of drug-likeness (QED) is 0.436. The highest BCUT2D eigenvalue weighted by Gasteiger charge is 1.89. The largest absolute Gasteiger partial charge is 0.379 e. The SMILES string of the molecule is [CH]CCOCCOCCOCCBr. The minimum Gasteiger partial charge on any atom is -0.379 e. The van der Waals surface area contributed by atoms with Crippen molar-refractivity contribution in [3.63, 3.8) is 0 Å². The molecule has 0 aromatic heterocycles. The van der Waals surface area contributed by atoms with Gasteiger partial charge in [-0.25, -0.2) is 0 Å². The van der Waals surface area contributed by atoms with E-state index in [9.17, 15) is 0 Å². The van der Waals surface area contributed by atoms with E-state index in [1.165, 1.54) is 0 Å². The summed E-state index contributed by atoms with van der Waals surface area (Å²) >= 11 is 3.26. The van der Waals surface area contributed by atoms with Crippen LogP contribution in [0.3, 0.4) is 0 Å². The van der Waals surface area contributed by atoms with Crippen molar-refractivity contribution < 1.29 is 14.2 Å². The lowest BCUT2D eigenvalue weighted by Crippen LogP contribution is -2.10. The van der Waals surface area contributed by atoms with Gasteiger partial charge in [-0.1, -0.05) is 15.9 Å². The van der Waals surface area contributed by atoms with Crippen LogP contribution in [0.25, 0.3) is 0 Å². The van der Waals surface area contributed by atoms with Gasteiger partial charge in [-0.15, -0.1) is 0 Å². The highest BCUT2D eigenvalue weighted by molar-refractivity contribution is 9.09. The van der Waals surface area contributed by atoms with Crippen molar-refractivity contribution in [3.05, 3.63) is 6.92 Å². The van der Waals surface area contributed by atoms with Gasteiger partial charge in [-0.05, 0) is 13.3 Å². The molecule has 0 spiro atoms. The molecule has 4 heteroatoms. The summed E-state index contributed by atoms with van der Waals surface area (Å²) in [5.41, 5.74) is 0. The third kappa shape index (κ3) is 12.4. The van der Waals surface area contributed by atoms with Gasteiger partial charge in [0, 0.05) is 11.9 Å². The molecule has 0 atom stereocenters. The third-order valence-corrected chi connectivity index (χ3v) is 1.55. The molecule has 0 aliphatic rings. The Morgan fingerprint density at radius 2 is 1.23 bits per heavy atom. The predicted octanol–water partition coefficient (Wildman–Crippen LogP) is 1.53. The van der Waals surface area contributed by atoms with Crippen molar-refractivity contribution in [2.75, 3.05) is 45.0 Å². The van der Waals surface area contributed by atoms with Gasteiger partial charge in [-0.2, -0.15) is 0 Å². The second-order valence-corrected chi connectivity index (χ2v) is 3.11. The fourth-order valence-electron chi connectivity index (χ4n) is 0.680. The van der Waals surface area contributed by atoms with Crippen LogP contribution in [0.2, 0.25) is 0 Å². The first-order valence-electron chi connectivity index (χ1n) is 4.41. The second-order valence-electron chi connectivity index (χ2n) is 2.31. The van der Waals surface area contributed by atoms with E-state index in [0.717, 1.165) is 11.9 Å². The fourth-order valence-corrected chi connectivity index (χ4v) is 0.909. The van der Waals surface area contributed by atoms with Gasteiger partial charge in [0.25, 0.3) is 0 Å². The lowest BCUT2D eigenvalue weighted by Gasteiger charge is -2.04. The molecule has 0 N–H and O–H groups in total. The topological polar surface area (TPSA) is 27.7 Å². The molecule has 0 unspecified atom stereocenters. The highest BCUT2D eigenvalue weighted by atomic mass is 79.9. The molecule has 13 heavy (non-hydrogen) atoms. The van der Waals surface area contributed by atoms with Crippen molar-refractivity contribution in [1.82, 2.24) is 0 Å². The molecule has 78 valence electrons. The van der Waals surface area contributed by atoms with Crippen LogP contribution in [-0.2, 0) is 14.2 Å². The maximum absolute atomic E-state index is 5.23. The summed E-state index contributed by atoms with van der Waals surface area (Å²) in [5.74, 6) is 0. The molecule has 2 radical (unpaired) electrons. The monoisotopic (exact) mass is 252 g/mol. The zero-order valence-electron chi connectivity index (χ0n) is 7.84. The Bertz CT molecular complexity index is 80.9. The molecule has 0 fully saturated rings. The third-order valence-electron chi connectivity index (χ3n) is 1.23. The van der Waals surface area contributed by atoms with Crippen LogP contribution in [-0.4, -0.2) is 45.0 Å². The molecule has 0 saturated carbocycles. The molecule has 3 nitrogen and oxygen atoms in total. The van der Waals surface area contributed by atoms with Crippen molar-refractivity contribution in [3.8, 4) is 0 Å². The molecule has 0 aliphatic carbocycles. The molecule has 0 amide bonds. The van der Waals surface area contributed by atoms with E-state index in [4.69, 9.17) is 21.1 Å². The fraction of sp³-hybridized carbons (Fsp3) is 0.889. The summed E-state index contributed by atoms with van der Waals surface area (Å²) in [6, 6.07) is 0.